The first-order valence-corrected chi connectivity index (χ1v) is 10.7. The Hall–Kier alpha value is -3.19. The molecule has 0 saturated heterocycles. The summed E-state index contributed by atoms with van der Waals surface area (Å²) in [6, 6.07) is 15.4. The molecule has 1 amide bonds. The molecule has 2 aromatic heterocycles. The average Bonchev–Trinajstić information content (AvgIpc) is 3.28. The van der Waals surface area contributed by atoms with E-state index >= 15 is 0 Å². The van der Waals surface area contributed by atoms with E-state index in [1.54, 1.807) is 18.4 Å². The molecule has 4 nitrogen and oxygen atoms in total. The SMILES string of the molecule is COc1ccccc1CCNC(=O)c1cc2sc(C)cc2n1Cc1ccc(F)c(F)c1. The molecule has 0 saturated carbocycles. The van der Waals surface area contributed by atoms with E-state index in [0.29, 0.717) is 24.2 Å². The molecule has 0 radical (unpaired) electrons. The van der Waals surface area contributed by atoms with E-state index in [0.717, 1.165) is 32.5 Å². The quantitative estimate of drug-likeness (QED) is 0.423. The van der Waals surface area contributed by atoms with Gasteiger partial charge in [-0.05, 0) is 54.8 Å². The van der Waals surface area contributed by atoms with E-state index in [4.69, 9.17) is 4.74 Å². The lowest BCUT2D eigenvalue weighted by molar-refractivity contribution is 0.0945. The van der Waals surface area contributed by atoms with Crippen LogP contribution in [-0.2, 0) is 13.0 Å². The van der Waals surface area contributed by atoms with Gasteiger partial charge in [0.25, 0.3) is 5.91 Å². The minimum Gasteiger partial charge on any atom is -0.496 e. The van der Waals surface area contributed by atoms with Crippen molar-refractivity contribution >= 4 is 27.5 Å². The van der Waals surface area contributed by atoms with Crippen LogP contribution in [0.25, 0.3) is 10.2 Å². The van der Waals surface area contributed by atoms with Gasteiger partial charge in [-0.3, -0.25) is 4.79 Å². The van der Waals surface area contributed by atoms with Gasteiger partial charge in [0.2, 0.25) is 0 Å². The Morgan fingerprint density at radius 1 is 1.10 bits per heavy atom. The molecule has 0 unspecified atom stereocenters. The number of amides is 1. The van der Waals surface area contributed by atoms with E-state index in [2.05, 4.69) is 5.32 Å². The summed E-state index contributed by atoms with van der Waals surface area (Å²) >= 11 is 1.59. The van der Waals surface area contributed by atoms with Crippen LogP contribution in [0.15, 0.2) is 54.6 Å². The largest absolute Gasteiger partial charge is 0.496 e. The number of halogens is 2. The standard InChI is InChI=1S/C24H22F2N2O2S/c1-15-11-20-23(31-15)13-21(28(20)14-16-7-8-18(25)19(26)12-16)24(29)27-10-9-17-5-3-4-6-22(17)30-2/h3-8,11-13H,9-10,14H2,1-2H3,(H,27,29). The number of ether oxygens (including phenoxy) is 1. The number of nitrogens with zero attached hydrogens (tertiary/aromatic N) is 1. The van der Waals surface area contributed by atoms with Gasteiger partial charge in [0.05, 0.1) is 17.3 Å². The third kappa shape index (κ3) is 4.46. The zero-order valence-corrected chi connectivity index (χ0v) is 18.1. The van der Waals surface area contributed by atoms with Crippen LogP contribution in [0.3, 0.4) is 0 Å². The predicted octanol–water partition coefficient (Wildman–Crippen LogP) is 5.32. The monoisotopic (exact) mass is 440 g/mol. The maximum atomic E-state index is 13.7. The average molecular weight is 441 g/mol. The summed E-state index contributed by atoms with van der Waals surface area (Å²) in [5, 5.41) is 2.97. The van der Waals surface area contributed by atoms with Gasteiger partial charge < -0.3 is 14.6 Å². The van der Waals surface area contributed by atoms with E-state index in [-0.39, 0.29) is 12.5 Å². The summed E-state index contributed by atoms with van der Waals surface area (Å²) in [6.45, 7) is 2.72. The Morgan fingerprint density at radius 3 is 2.68 bits per heavy atom. The summed E-state index contributed by atoms with van der Waals surface area (Å²) < 4.78 is 35.2. The Morgan fingerprint density at radius 2 is 1.90 bits per heavy atom. The zero-order valence-electron chi connectivity index (χ0n) is 17.2. The highest BCUT2D eigenvalue weighted by molar-refractivity contribution is 7.19. The van der Waals surface area contributed by atoms with Gasteiger partial charge in [-0.15, -0.1) is 11.3 Å². The van der Waals surface area contributed by atoms with Crippen LogP contribution < -0.4 is 10.1 Å². The Bertz CT molecular complexity index is 1250. The molecular weight excluding hydrogens is 418 g/mol. The summed E-state index contributed by atoms with van der Waals surface area (Å²) in [4.78, 5) is 14.1. The molecule has 0 aliphatic rings. The third-order valence-electron chi connectivity index (χ3n) is 5.14. The molecule has 0 aliphatic heterocycles. The zero-order chi connectivity index (χ0) is 22.0. The maximum Gasteiger partial charge on any atom is 0.267 e. The van der Waals surface area contributed by atoms with Crippen LogP contribution in [0.2, 0.25) is 0 Å². The highest BCUT2D eigenvalue weighted by Gasteiger charge is 2.18. The Balaban J connectivity index is 1.56. The number of thiophene rings is 1. The second kappa shape index (κ2) is 8.89. The van der Waals surface area contributed by atoms with Crippen LogP contribution >= 0.6 is 11.3 Å². The number of para-hydroxylation sites is 1. The van der Waals surface area contributed by atoms with Crippen molar-refractivity contribution in [2.24, 2.45) is 0 Å². The number of rotatable bonds is 7. The lowest BCUT2D eigenvalue weighted by Crippen LogP contribution is -2.28. The number of hydrogen-bond donors (Lipinski definition) is 1. The van der Waals surface area contributed by atoms with Gasteiger partial charge in [-0.1, -0.05) is 24.3 Å². The number of aromatic nitrogens is 1. The lowest BCUT2D eigenvalue weighted by Gasteiger charge is -2.12. The third-order valence-corrected chi connectivity index (χ3v) is 6.13. The van der Waals surface area contributed by atoms with Crippen molar-refractivity contribution < 1.29 is 18.3 Å². The predicted molar refractivity (Wildman–Crippen MR) is 119 cm³/mol. The fourth-order valence-corrected chi connectivity index (χ4v) is 4.62. The smallest absolute Gasteiger partial charge is 0.267 e. The second-order valence-electron chi connectivity index (χ2n) is 7.29. The molecule has 160 valence electrons. The van der Waals surface area contributed by atoms with E-state index in [1.165, 1.54) is 12.1 Å². The first-order valence-electron chi connectivity index (χ1n) is 9.90. The molecule has 0 bridgehead atoms. The summed E-state index contributed by atoms with van der Waals surface area (Å²) in [7, 11) is 1.62. The number of aryl methyl sites for hydroxylation is 1. The van der Waals surface area contributed by atoms with Gasteiger partial charge in [0.15, 0.2) is 11.6 Å². The summed E-state index contributed by atoms with van der Waals surface area (Å²) in [5.74, 6) is -1.21. The van der Waals surface area contributed by atoms with Gasteiger partial charge in [-0.2, -0.15) is 0 Å². The molecule has 0 spiro atoms. The lowest BCUT2D eigenvalue weighted by atomic mass is 10.1. The maximum absolute atomic E-state index is 13.7. The highest BCUT2D eigenvalue weighted by Crippen LogP contribution is 2.29. The number of fused-ring (bicyclic) bond motifs is 1. The van der Waals surface area contributed by atoms with E-state index in [1.807, 2.05) is 47.9 Å². The number of carbonyl (C=O) groups is 1. The van der Waals surface area contributed by atoms with Crippen molar-refractivity contribution in [2.75, 3.05) is 13.7 Å². The van der Waals surface area contributed by atoms with Gasteiger partial charge >= 0.3 is 0 Å². The second-order valence-corrected chi connectivity index (χ2v) is 8.58. The van der Waals surface area contributed by atoms with Crippen molar-refractivity contribution in [1.29, 1.82) is 0 Å². The molecule has 1 N–H and O–H groups in total. The van der Waals surface area contributed by atoms with Crippen molar-refractivity contribution in [1.82, 2.24) is 9.88 Å². The van der Waals surface area contributed by atoms with Crippen LogP contribution in [0, 0.1) is 18.6 Å². The van der Waals surface area contributed by atoms with E-state index in [9.17, 15) is 13.6 Å². The fraction of sp³-hybridized carbons (Fsp3) is 0.208. The topological polar surface area (TPSA) is 43.3 Å². The molecule has 7 heteroatoms. The molecular formula is C24H22F2N2O2S. The first-order chi connectivity index (χ1) is 15.0. The van der Waals surface area contributed by atoms with Gasteiger partial charge in [0.1, 0.15) is 11.4 Å². The molecule has 0 aliphatic carbocycles. The van der Waals surface area contributed by atoms with Crippen molar-refractivity contribution in [3.63, 3.8) is 0 Å². The van der Waals surface area contributed by atoms with Crippen LogP contribution in [0.4, 0.5) is 8.78 Å². The first kappa shape index (κ1) is 21.1. The van der Waals surface area contributed by atoms with Crippen molar-refractivity contribution in [3.05, 3.63) is 87.9 Å². The van der Waals surface area contributed by atoms with Gasteiger partial charge in [0, 0.05) is 18.0 Å². The summed E-state index contributed by atoms with van der Waals surface area (Å²) in [6.07, 6.45) is 0.632. The number of hydrogen-bond acceptors (Lipinski definition) is 3. The number of carbonyl (C=O) groups excluding carboxylic acids is 1. The molecule has 4 aromatic rings. The normalized spacial score (nSPS) is 11.1. The van der Waals surface area contributed by atoms with Crippen molar-refractivity contribution in [2.45, 2.75) is 19.9 Å². The minimum atomic E-state index is -0.898. The number of nitrogens with one attached hydrogen (secondary N) is 1. The van der Waals surface area contributed by atoms with Crippen LogP contribution in [0.1, 0.15) is 26.5 Å². The molecule has 0 atom stereocenters. The van der Waals surface area contributed by atoms with Crippen LogP contribution in [0.5, 0.6) is 5.75 Å². The Kier molecular flexibility index (Phi) is 6.04. The van der Waals surface area contributed by atoms with Crippen LogP contribution in [-0.4, -0.2) is 24.1 Å². The van der Waals surface area contributed by atoms with Crippen molar-refractivity contribution in [3.8, 4) is 5.75 Å². The molecule has 31 heavy (non-hydrogen) atoms. The highest BCUT2D eigenvalue weighted by atomic mass is 32.1. The molecule has 4 rings (SSSR count). The number of benzene rings is 2. The number of methoxy groups -OCH3 is 1. The van der Waals surface area contributed by atoms with E-state index < -0.39 is 11.6 Å². The molecule has 2 aromatic carbocycles. The molecule has 0 fully saturated rings. The fourth-order valence-electron chi connectivity index (χ4n) is 3.65. The minimum absolute atomic E-state index is 0.210. The summed E-state index contributed by atoms with van der Waals surface area (Å²) in [5.41, 5.74) is 3.00. The van der Waals surface area contributed by atoms with Gasteiger partial charge in [-0.25, -0.2) is 8.78 Å². The molecule has 2 heterocycles. The Labute approximate surface area is 183 Å².